The van der Waals surface area contributed by atoms with Crippen LogP contribution in [0.25, 0.3) is 5.69 Å². The van der Waals surface area contributed by atoms with Crippen LogP contribution in [0.4, 0.5) is 5.82 Å². The summed E-state index contributed by atoms with van der Waals surface area (Å²) < 4.78 is 1.62. The molecule has 5 nitrogen and oxygen atoms in total. The largest absolute Gasteiger partial charge is 0.308 e. The zero-order valence-electron chi connectivity index (χ0n) is 11.9. The van der Waals surface area contributed by atoms with Crippen molar-refractivity contribution in [3.63, 3.8) is 0 Å². The zero-order chi connectivity index (χ0) is 15.5. The molecular weight excluding hydrogens is 323 g/mol. The molecule has 0 bridgehead atoms. The fraction of sp³-hybridized carbons (Fsp3) is 0.333. The molecular formula is C15H16Cl2N4O. The molecule has 7 heteroatoms. The number of carbonyl (C=O) groups excluding carboxylic acids is 1. The highest BCUT2D eigenvalue weighted by atomic mass is 35.5. The molecule has 0 aliphatic carbocycles. The molecule has 2 aromatic rings. The molecule has 1 aliphatic heterocycles. The Morgan fingerprint density at radius 3 is 2.73 bits per heavy atom. The standard InChI is InChI=1S/C15H16Cl2N4O/c16-11-3-4-13(12(17)9-11)21-8-5-14(19-21)18-15(22)10-20-6-1-2-7-20/h3-5,8-9H,1-2,6-7,10H2,(H,18,19,22). The number of amides is 1. The Balaban J connectivity index is 1.66. The highest BCUT2D eigenvalue weighted by molar-refractivity contribution is 6.35. The van der Waals surface area contributed by atoms with E-state index < -0.39 is 0 Å². The molecule has 0 radical (unpaired) electrons. The van der Waals surface area contributed by atoms with Crippen molar-refractivity contribution in [2.75, 3.05) is 25.0 Å². The third kappa shape index (κ3) is 3.61. The second kappa shape index (κ2) is 6.69. The third-order valence-corrected chi connectivity index (χ3v) is 4.12. The molecule has 0 spiro atoms. The summed E-state index contributed by atoms with van der Waals surface area (Å²) in [5.74, 6) is 0.463. The predicted octanol–water partition coefficient (Wildman–Crippen LogP) is 3.21. The molecule has 1 saturated heterocycles. The Bertz CT molecular complexity index is 680. The number of hydrogen-bond donors (Lipinski definition) is 1. The lowest BCUT2D eigenvalue weighted by atomic mass is 10.3. The normalized spacial score (nSPS) is 15.2. The minimum absolute atomic E-state index is 0.0469. The SMILES string of the molecule is O=C(CN1CCCC1)Nc1ccn(-c2ccc(Cl)cc2Cl)n1. The zero-order valence-corrected chi connectivity index (χ0v) is 13.4. The van der Waals surface area contributed by atoms with Crippen molar-refractivity contribution in [2.45, 2.75) is 12.8 Å². The van der Waals surface area contributed by atoms with Gasteiger partial charge in [0.2, 0.25) is 5.91 Å². The van der Waals surface area contributed by atoms with Crippen molar-refractivity contribution in [2.24, 2.45) is 0 Å². The molecule has 0 saturated carbocycles. The smallest absolute Gasteiger partial charge is 0.239 e. The van der Waals surface area contributed by atoms with Crippen molar-refractivity contribution in [3.05, 3.63) is 40.5 Å². The molecule has 2 heterocycles. The Morgan fingerprint density at radius 2 is 2.00 bits per heavy atom. The van der Waals surface area contributed by atoms with Gasteiger partial charge in [0.15, 0.2) is 5.82 Å². The maximum Gasteiger partial charge on any atom is 0.239 e. The summed E-state index contributed by atoms with van der Waals surface area (Å²) in [4.78, 5) is 14.1. The van der Waals surface area contributed by atoms with Crippen molar-refractivity contribution in [1.29, 1.82) is 0 Å². The van der Waals surface area contributed by atoms with E-state index in [1.54, 1.807) is 35.1 Å². The number of rotatable bonds is 4. The molecule has 22 heavy (non-hydrogen) atoms. The van der Waals surface area contributed by atoms with Crippen molar-refractivity contribution in [1.82, 2.24) is 14.7 Å². The highest BCUT2D eigenvalue weighted by Crippen LogP contribution is 2.24. The van der Waals surface area contributed by atoms with E-state index in [0.717, 1.165) is 25.9 Å². The Morgan fingerprint density at radius 1 is 1.23 bits per heavy atom. The van der Waals surface area contributed by atoms with Crippen molar-refractivity contribution < 1.29 is 4.79 Å². The van der Waals surface area contributed by atoms with Gasteiger partial charge in [-0.05, 0) is 44.1 Å². The van der Waals surface area contributed by atoms with E-state index in [1.165, 1.54) is 0 Å². The number of benzene rings is 1. The number of nitrogens with one attached hydrogen (secondary N) is 1. The fourth-order valence-electron chi connectivity index (χ4n) is 2.52. The quantitative estimate of drug-likeness (QED) is 0.931. The average molecular weight is 339 g/mol. The van der Waals surface area contributed by atoms with Crippen LogP contribution in [0.3, 0.4) is 0 Å². The van der Waals surface area contributed by atoms with Crippen LogP contribution in [0.2, 0.25) is 10.0 Å². The number of carbonyl (C=O) groups is 1. The summed E-state index contributed by atoms with van der Waals surface area (Å²) in [5, 5.41) is 8.21. The number of halogens is 2. The van der Waals surface area contributed by atoms with Gasteiger partial charge in [0.05, 0.1) is 17.3 Å². The lowest BCUT2D eigenvalue weighted by Crippen LogP contribution is -2.31. The summed E-state index contributed by atoms with van der Waals surface area (Å²) in [5.41, 5.74) is 0.714. The maximum atomic E-state index is 12.0. The molecule has 1 aromatic heterocycles. The van der Waals surface area contributed by atoms with E-state index in [2.05, 4.69) is 15.3 Å². The van der Waals surface area contributed by atoms with Crippen molar-refractivity contribution in [3.8, 4) is 5.69 Å². The maximum absolute atomic E-state index is 12.0. The first-order valence-corrected chi connectivity index (χ1v) is 7.91. The summed E-state index contributed by atoms with van der Waals surface area (Å²) in [6, 6.07) is 6.93. The van der Waals surface area contributed by atoms with Gasteiger partial charge in [-0.2, -0.15) is 5.10 Å². The van der Waals surface area contributed by atoms with E-state index in [9.17, 15) is 4.79 Å². The van der Waals surface area contributed by atoms with Gasteiger partial charge in [0, 0.05) is 17.3 Å². The first-order valence-electron chi connectivity index (χ1n) is 7.15. The minimum atomic E-state index is -0.0469. The van der Waals surface area contributed by atoms with Gasteiger partial charge in [0.25, 0.3) is 0 Å². The molecule has 1 aliphatic rings. The lowest BCUT2D eigenvalue weighted by molar-refractivity contribution is -0.117. The predicted molar refractivity (Wildman–Crippen MR) is 87.9 cm³/mol. The average Bonchev–Trinajstić information content (AvgIpc) is 3.10. The van der Waals surface area contributed by atoms with Crippen LogP contribution in [0.1, 0.15) is 12.8 Å². The van der Waals surface area contributed by atoms with E-state index in [-0.39, 0.29) is 5.91 Å². The first-order chi connectivity index (χ1) is 10.6. The van der Waals surface area contributed by atoms with Crippen molar-refractivity contribution >= 4 is 34.9 Å². The van der Waals surface area contributed by atoms with Crippen LogP contribution in [0.15, 0.2) is 30.5 Å². The topological polar surface area (TPSA) is 50.2 Å². The van der Waals surface area contributed by atoms with Crippen LogP contribution in [0.5, 0.6) is 0 Å². The van der Waals surface area contributed by atoms with Crippen LogP contribution in [-0.4, -0.2) is 40.2 Å². The lowest BCUT2D eigenvalue weighted by Gasteiger charge is -2.13. The summed E-state index contributed by atoms with van der Waals surface area (Å²) in [6.45, 7) is 2.39. The van der Waals surface area contributed by atoms with Gasteiger partial charge >= 0.3 is 0 Å². The van der Waals surface area contributed by atoms with Gasteiger partial charge in [0.1, 0.15) is 0 Å². The first kappa shape index (κ1) is 15.3. The minimum Gasteiger partial charge on any atom is -0.308 e. The van der Waals surface area contributed by atoms with Gasteiger partial charge in [-0.1, -0.05) is 23.2 Å². The van der Waals surface area contributed by atoms with Gasteiger partial charge < -0.3 is 5.32 Å². The van der Waals surface area contributed by atoms with Gasteiger partial charge in [-0.25, -0.2) is 4.68 Å². The van der Waals surface area contributed by atoms with Crippen LogP contribution < -0.4 is 5.32 Å². The van der Waals surface area contributed by atoms with Crippen LogP contribution in [-0.2, 0) is 4.79 Å². The molecule has 3 rings (SSSR count). The van der Waals surface area contributed by atoms with Crippen LogP contribution in [0, 0.1) is 0 Å². The molecule has 1 fully saturated rings. The summed E-state index contributed by atoms with van der Waals surface area (Å²) >= 11 is 12.0. The molecule has 0 unspecified atom stereocenters. The molecule has 1 aromatic carbocycles. The summed E-state index contributed by atoms with van der Waals surface area (Å²) in [7, 11) is 0. The highest BCUT2D eigenvalue weighted by Gasteiger charge is 2.16. The second-order valence-corrected chi connectivity index (χ2v) is 6.12. The number of nitrogens with zero attached hydrogens (tertiary/aromatic N) is 3. The fourth-order valence-corrected chi connectivity index (χ4v) is 3.01. The van der Waals surface area contributed by atoms with Crippen LogP contribution >= 0.6 is 23.2 Å². The number of hydrogen-bond acceptors (Lipinski definition) is 3. The molecule has 1 amide bonds. The molecule has 0 atom stereocenters. The van der Waals surface area contributed by atoms with E-state index in [0.29, 0.717) is 28.1 Å². The number of anilines is 1. The second-order valence-electron chi connectivity index (χ2n) is 5.27. The Hall–Kier alpha value is -1.56. The molecule has 1 N–H and O–H groups in total. The van der Waals surface area contributed by atoms with E-state index in [4.69, 9.17) is 23.2 Å². The monoisotopic (exact) mass is 338 g/mol. The molecule has 116 valence electrons. The van der Waals surface area contributed by atoms with Gasteiger partial charge in [-0.3, -0.25) is 9.69 Å². The Labute approximate surface area is 138 Å². The van der Waals surface area contributed by atoms with E-state index >= 15 is 0 Å². The number of aromatic nitrogens is 2. The Kier molecular flexibility index (Phi) is 4.66. The number of likely N-dealkylation sites (tertiary alicyclic amines) is 1. The van der Waals surface area contributed by atoms with E-state index in [1.807, 2.05) is 0 Å². The van der Waals surface area contributed by atoms with Gasteiger partial charge in [-0.15, -0.1) is 0 Å². The summed E-state index contributed by atoms with van der Waals surface area (Å²) in [6.07, 6.45) is 4.08. The third-order valence-electron chi connectivity index (χ3n) is 3.58.